The summed E-state index contributed by atoms with van der Waals surface area (Å²) < 4.78 is 31.8. The summed E-state index contributed by atoms with van der Waals surface area (Å²) in [5, 5.41) is 11.6. The average molecular weight is 300 g/mol. The van der Waals surface area contributed by atoms with E-state index in [4.69, 9.17) is 9.84 Å². The number of amides is 2. The first-order chi connectivity index (χ1) is 10.0. The highest BCUT2D eigenvalue weighted by molar-refractivity contribution is 5.74. The minimum Gasteiger partial charge on any atom is -0.395 e. The van der Waals surface area contributed by atoms with Crippen LogP contribution in [0.5, 0.6) is 0 Å². The van der Waals surface area contributed by atoms with Crippen molar-refractivity contribution in [2.45, 2.75) is 18.6 Å². The summed E-state index contributed by atoms with van der Waals surface area (Å²) in [7, 11) is 1.56. The summed E-state index contributed by atoms with van der Waals surface area (Å²) in [5.74, 6) is -1.86. The van der Waals surface area contributed by atoms with Gasteiger partial charge >= 0.3 is 6.03 Å². The second-order valence-electron chi connectivity index (χ2n) is 4.95. The number of benzene rings is 1. The maximum Gasteiger partial charge on any atom is 0.317 e. The van der Waals surface area contributed by atoms with Gasteiger partial charge in [-0.3, -0.25) is 0 Å². The lowest BCUT2D eigenvalue weighted by Gasteiger charge is -2.24. The number of carbonyl (C=O) groups excluding carboxylic acids is 1. The van der Waals surface area contributed by atoms with E-state index in [0.717, 1.165) is 12.1 Å². The second kappa shape index (κ2) is 6.82. The molecule has 1 aromatic carbocycles. The predicted octanol–water partition coefficient (Wildman–Crippen LogP) is 1.43. The molecule has 1 aliphatic heterocycles. The first kappa shape index (κ1) is 15.7. The van der Waals surface area contributed by atoms with Crippen LogP contribution in [0.2, 0.25) is 0 Å². The summed E-state index contributed by atoms with van der Waals surface area (Å²) in [4.78, 5) is 13.2. The first-order valence-electron chi connectivity index (χ1n) is 6.72. The Morgan fingerprint density at radius 2 is 2.24 bits per heavy atom. The molecule has 2 rings (SSSR count). The number of rotatable bonds is 4. The fourth-order valence-electron chi connectivity index (χ4n) is 2.28. The molecule has 1 aliphatic rings. The third-order valence-corrected chi connectivity index (χ3v) is 3.45. The number of hydrogen-bond acceptors (Lipinski definition) is 3. The number of urea groups is 1. The average Bonchev–Trinajstić information content (AvgIpc) is 2.90. The second-order valence-corrected chi connectivity index (χ2v) is 4.95. The van der Waals surface area contributed by atoms with Gasteiger partial charge in [-0.2, -0.15) is 0 Å². The van der Waals surface area contributed by atoms with Crippen molar-refractivity contribution in [2.75, 3.05) is 26.8 Å². The Morgan fingerprint density at radius 3 is 2.90 bits per heavy atom. The number of nitrogens with one attached hydrogen (secondary N) is 1. The number of hydrogen-bond donors (Lipinski definition) is 2. The quantitative estimate of drug-likeness (QED) is 0.884. The summed E-state index contributed by atoms with van der Waals surface area (Å²) >= 11 is 0. The molecule has 0 bridgehead atoms. The summed E-state index contributed by atoms with van der Waals surface area (Å²) in [6, 6.07) is 2.92. The Kier molecular flexibility index (Phi) is 5.08. The molecule has 7 heteroatoms. The summed E-state index contributed by atoms with van der Waals surface area (Å²) in [5.41, 5.74) is 0.488. The van der Waals surface area contributed by atoms with Crippen LogP contribution in [0.15, 0.2) is 18.2 Å². The third kappa shape index (κ3) is 3.68. The van der Waals surface area contributed by atoms with Crippen molar-refractivity contribution in [3.8, 4) is 0 Å². The minimum absolute atomic E-state index is 0.127. The van der Waals surface area contributed by atoms with Crippen molar-refractivity contribution in [1.82, 2.24) is 10.2 Å². The highest BCUT2D eigenvalue weighted by Gasteiger charge is 2.32. The zero-order valence-electron chi connectivity index (χ0n) is 11.7. The highest BCUT2D eigenvalue weighted by atomic mass is 19.2. The Hall–Kier alpha value is -1.73. The van der Waals surface area contributed by atoms with E-state index in [9.17, 15) is 13.6 Å². The maximum absolute atomic E-state index is 13.3. The molecule has 1 fully saturated rings. The van der Waals surface area contributed by atoms with Crippen molar-refractivity contribution in [2.24, 2.45) is 0 Å². The van der Waals surface area contributed by atoms with Crippen LogP contribution < -0.4 is 5.32 Å². The standard InChI is InChI=1S/C14H18F2N2O3/c1-18(5-6-19)14(20)17-12-4-7-21-13(12)9-2-3-10(15)11(16)8-9/h2-3,8,12-13,19H,4-7H2,1H3,(H,17,20). The number of likely N-dealkylation sites (N-methyl/N-ethyl adjacent to an activating group) is 1. The zero-order valence-corrected chi connectivity index (χ0v) is 11.7. The molecule has 0 saturated carbocycles. The number of carbonyl (C=O) groups is 1. The normalized spacial score (nSPS) is 21.3. The summed E-state index contributed by atoms with van der Waals surface area (Å²) in [6.45, 7) is 0.519. The Morgan fingerprint density at radius 1 is 1.48 bits per heavy atom. The Bertz CT molecular complexity index is 513. The van der Waals surface area contributed by atoms with Gasteiger partial charge in [-0.15, -0.1) is 0 Å². The molecule has 5 nitrogen and oxygen atoms in total. The van der Waals surface area contributed by atoms with Crippen molar-refractivity contribution < 1.29 is 23.4 Å². The lowest BCUT2D eigenvalue weighted by atomic mass is 10.0. The van der Waals surface area contributed by atoms with Crippen LogP contribution in [0.25, 0.3) is 0 Å². The first-order valence-corrected chi connectivity index (χ1v) is 6.72. The molecule has 2 atom stereocenters. The van der Waals surface area contributed by atoms with Gasteiger partial charge in [0.05, 0.1) is 12.6 Å². The van der Waals surface area contributed by atoms with E-state index in [1.807, 2.05) is 0 Å². The molecule has 1 heterocycles. The van der Waals surface area contributed by atoms with E-state index in [1.165, 1.54) is 11.0 Å². The number of halogens is 2. The van der Waals surface area contributed by atoms with Crippen molar-refractivity contribution >= 4 is 6.03 Å². The van der Waals surface area contributed by atoms with Crippen molar-refractivity contribution in [3.05, 3.63) is 35.4 Å². The molecule has 1 saturated heterocycles. The Balaban J connectivity index is 2.06. The van der Waals surface area contributed by atoms with Gasteiger partial charge in [-0.25, -0.2) is 13.6 Å². The van der Waals surface area contributed by atoms with Crippen LogP contribution in [0.1, 0.15) is 18.1 Å². The van der Waals surface area contributed by atoms with E-state index in [2.05, 4.69) is 5.32 Å². The van der Waals surface area contributed by atoms with E-state index in [1.54, 1.807) is 7.05 Å². The summed E-state index contributed by atoms with van der Waals surface area (Å²) in [6.07, 6.45) is 0.0779. The molecule has 0 aliphatic carbocycles. The highest BCUT2D eigenvalue weighted by Crippen LogP contribution is 2.30. The SMILES string of the molecule is CN(CCO)C(=O)NC1CCOC1c1ccc(F)c(F)c1. The lowest BCUT2D eigenvalue weighted by molar-refractivity contribution is 0.0978. The molecule has 116 valence electrons. The molecule has 2 amide bonds. The third-order valence-electron chi connectivity index (χ3n) is 3.45. The molecule has 21 heavy (non-hydrogen) atoms. The lowest BCUT2D eigenvalue weighted by Crippen LogP contribution is -2.45. The topological polar surface area (TPSA) is 61.8 Å². The van der Waals surface area contributed by atoms with Crippen LogP contribution in [-0.4, -0.2) is 48.9 Å². The molecule has 0 radical (unpaired) electrons. The number of aliphatic hydroxyl groups excluding tert-OH is 1. The molecular formula is C14H18F2N2O3. The van der Waals surface area contributed by atoms with Gasteiger partial charge < -0.3 is 20.1 Å². The van der Waals surface area contributed by atoms with E-state index in [0.29, 0.717) is 18.6 Å². The van der Waals surface area contributed by atoms with Gasteiger partial charge in [0.15, 0.2) is 11.6 Å². The molecule has 2 N–H and O–H groups in total. The zero-order chi connectivity index (χ0) is 15.4. The largest absolute Gasteiger partial charge is 0.395 e. The Labute approximate surface area is 121 Å². The van der Waals surface area contributed by atoms with Crippen LogP contribution >= 0.6 is 0 Å². The molecule has 0 spiro atoms. The van der Waals surface area contributed by atoms with Crippen molar-refractivity contribution in [3.63, 3.8) is 0 Å². The molecule has 2 unspecified atom stereocenters. The number of aliphatic hydroxyl groups is 1. The monoisotopic (exact) mass is 300 g/mol. The van der Waals surface area contributed by atoms with E-state index >= 15 is 0 Å². The van der Waals surface area contributed by atoms with Crippen LogP contribution in [-0.2, 0) is 4.74 Å². The van der Waals surface area contributed by atoms with Gasteiger partial charge in [0.1, 0.15) is 6.10 Å². The van der Waals surface area contributed by atoms with Gasteiger partial charge in [0, 0.05) is 20.2 Å². The van der Waals surface area contributed by atoms with Gasteiger partial charge in [0.2, 0.25) is 0 Å². The molecular weight excluding hydrogens is 282 g/mol. The smallest absolute Gasteiger partial charge is 0.317 e. The van der Waals surface area contributed by atoms with Crippen LogP contribution in [0, 0.1) is 11.6 Å². The number of nitrogens with zero attached hydrogens (tertiary/aromatic N) is 1. The minimum atomic E-state index is -0.939. The van der Waals surface area contributed by atoms with Gasteiger partial charge in [-0.05, 0) is 24.1 Å². The fraction of sp³-hybridized carbons (Fsp3) is 0.500. The van der Waals surface area contributed by atoms with Crippen LogP contribution in [0.3, 0.4) is 0 Å². The van der Waals surface area contributed by atoms with E-state index in [-0.39, 0.29) is 25.2 Å². The maximum atomic E-state index is 13.3. The van der Waals surface area contributed by atoms with E-state index < -0.39 is 17.7 Å². The predicted molar refractivity (Wildman–Crippen MR) is 71.7 cm³/mol. The van der Waals surface area contributed by atoms with Crippen LogP contribution in [0.4, 0.5) is 13.6 Å². The number of ether oxygens (including phenoxy) is 1. The van der Waals surface area contributed by atoms with Gasteiger partial charge in [-0.1, -0.05) is 6.07 Å². The van der Waals surface area contributed by atoms with Gasteiger partial charge in [0.25, 0.3) is 0 Å². The fourth-order valence-corrected chi connectivity index (χ4v) is 2.28. The molecule has 0 aromatic heterocycles. The molecule has 1 aromatic rings. The van der Waals surface area contributed by atoms with Crippen molar-refractivity contribution in [1.29, 1.82) is 0 Å².